The number of halogens is 1. The van der Waals surface area contributed by atoms with Gasteiger partial charge in [0, 0.05) is 5.88 Å². The summed E-state index contributed by atoms with van der Waals surface area (Å²) in [6.07, 6.45) is 3.01. The second-order valence-corrected chi connectivity index (χ2v) is 3.81. The van der Waals surface area contributed by atoms with Gasteiger partial charge in [-0.1, -0.05) is 26.8 Å². The van der Waals surface area contributed by atoms with E-state index in [4.69, 9.17) is 11.6 Å². The van der Waals surface area contributed by atoms with Crippen LogP contribution >= 0.6 is 11.6 Å². The fourth-order valence-corrected chi connectivity index (χ4v) is 0.964. The van der Waals surface area contributed by atoms with Crippen LogP contribution < -0.4 is 0 Å². The third kappa shape index (κ3) is 2.74. The molecule has 0 aliphatic rings. The molecule has 0 aliphatic heterocycles. The van der Waals surface area contributed by atoms with Gasteiger partial charge in [0.15, 0.2) is 0 Å². The highest BCUT2D eigenvalue weighted by atomic mass is 35.5. The third-order valence-corrected chi connectivity index (χ3v) is 2.89. The van der Waals surface area contributed by atoms with Crippen LogP contribution in [0.15, 0.2) is 12.7 Å². The van der Waals surface area contributed by atoms with E-state index in [0.717, 1.165) is 12.3 Å². The van der Waals surface area contributed by atoms with Gasteiger partial charge in [-0.15, -0.1) is 18.2 Å². The Hall–Kier alpha value is 0.0300. The molecule has 0 saturated carbocycles. The molecule has 0 heterocycles. The summed E-state index contributed by atoms with van der Waals surface area (Å²) < 4.78 is 0. The van der Waals surface area contributed by atoms with Gasteiger partial charge >= 0.3 is 0 Å². The standard InChI is InChI=1S/C9H17Cl/c1-5-6-8(2)9(3,4)7-10/h5,8H,1,6-7H2,2-4H3. The molecule has 0 aromatic carbocycles. The molecule has 0 N–H and O–H groups in total. The molecule has 0 fully saturated rings. The lowest BCUT2D eigenvalue weighted by Gasteiger charge is -2.28. The fraction of sp³-hybridized carbons (Fsp3) is 0.778. The van der Waals surface area contributed by atoms with E-state index in [-0.39, 0.29) is 5.41 Å². The van der Waals surface area contributed by atoms with Crippen LogP contribution in [0.4, 0.5) is 0 Å². The van der Waals surface area contributed by atoms with Crippen LogP contribution in [0.5, 0.6) is 0 Å². The summed E-state index contributed by atoms with van der Waals surface area (Å²) in [7, 11) is 0. The Morgan fingerprint density at radius 1 is 1.60 bits per heavy atom. The Balaban J connectivity index is 3.89. The molecule has 0 radical (unpaired) electrons. The quantitative estimate of drug-likeness (QED) is 0.437. The molecule has 0 amide bonds. The van der Waals surface area contributed by atoms with Crippen LogP contribution in [0.2, 0.25) is 0 Å². The average molecular weight is 161 g/mol. The Labute approximate surface area is 69.3 Å². The topological polar surface area (TPSA) is 0 Å². The third-order valence-electron chi connectivity index (χ3n) is 2.20. The lowest BCUT2D eigenvalue weighted by atomic mass is 9.80. The van der Waals surface area contributed by atoms with Gasteiger partial charge in [0.25, 0.3) is 0 Å². The van der Waals surface area contributed by atoms with Crippen LogP contribution in [0.25, 0.3) is 0 Å². The van der Waals surface area contributed by atoms with Crippen molar-refractivity contribution < 1.29 is 0 Å². The molecular formula is C9H17Cl. The smallest absolute Gasteiger partial charge is 0.0277 e. The minimum Gasteiger partial charge on any atom is -0.126 e. The molecule has 0 aromatic rings. The van der Waals surface area contributed by atoms with E-state index >= 15 is 0 Å². The van der Waals surface area contributed by atoms with E-state index in [1.807, 2.05) is 6.08 Å². The lowest BCUT2D eigenvalue weighted by Crippen LogP contribution is -2.22. The molecule has 1 unspecified atom stereocenters. The molecule has 1 atom stereocenters. The zero-order chi connectivity index (χ0) is 8.20. The Bertz CT molecular complexity index is 105. The van der Waals surface area contributed by atoms with Gasteiger partial charge in [-0.25, -0.2) is 0 Å². The molecule has 10 heavy (non-hydrogen) atoms. The highest BCUT2D eigenvalue weighted by Gasteiger charge is 2.23. The van der Waals surface area contributed by atoms with Crippen LogP contribution in [-0.4, -0.2) is 5.88 Å². The van der Waals surface area contributed by atoms with E-state index < -0.39 is 0 Å². The van der Waals surface area contributed by atoms with Crippen molar-refractivity contribution in [2.24, 2.45) is 11.3 Å². The number of rotatable bonds is 4. The van der Waals surface area contributed by atoms with Crippen LogP contribution in [0.3, 0.4) is 0 Å². The molecule has 60 valence electrons. The normalized spacial score (nSPS) is 14.8. The lowest BCUT2D eigenvalue weighted by molar-refractivity contribution is 0.269. The highest BCUT2D eigenvalue weighted by molar-refractivity contribution is 6.18. The van der Waals surface area contributed by atoms with E-state index in [2.05, 4.69) is 27.4 Å². The maximum absolute atomic E-state index is 5.79. The number of hydrogen-bond acceptors (Lipinski definition) is 0. The fourth-order valence-electron chi connectivity index (χ4n) is 0.701. The summed E-state index contributed by atoms with van der Waals surface area (Å²) in [4.78, 5) is 0. The zero-order valence-corrected chi connectivity index (χ0v) is 7.91. The minimum absolute atomic E-state index is 0.246. The Morgan fingerprint density at radius 2 is 2.10 bits per heavy atom. The molecule has 0 aromatic heterocycles. The molecule has 1 heteroatoms. The van der Waals surface area contributed by atoms with Crippen molar-refractivity contribution in [2.75, 3.05) is 5.88 Å². The second kappa shape index (κ2) is 4.02. The van der Waals surface area contributed by atoms with Gasteiger partial charge in [-0.3, -0.25) is 0 Å². The largest absolute Gasteiger partial charge is 0.126 e. The van der Waals surface area contributed by atoms with Crippen LogP contribution in [0, 0.1) is 11.3 Å². The molecule has 0 saturated heterocycles. The average Bonchev–Trinajstić information content (AvgIpc) is 1.89. The van der Waals surface area contributed by atoms with Crippen molar-refractivity contribution in [3.05, 3.63) is 12.7 Å². The molecule has 0 spiro atoms. The summed E-state index contributed by atoms with van der Waals surface area (Å²) >= 11 is 5.79. The van der Waals surface area contributed by atoms with Gasteiger partial charge < -0.3 is 0 Å². The summed E-state index contributed by atoms with van der Waals surface area (Å²) in [5, 5.41) is 0. The molecule has 0 rings (SSSR count). The van der Waals surface area contributed by atoms with E-state index in [1.54, 1.807) is 0 Å². The van der Waals surface area contributed by atoms with Gasteiger partial charge in [-0.2, -0.15) is 0 Å². The van der Waals surface area contributed by atoms with Crippen molar-refractivity contribution in [3.8, 4) is 0 Å². The predicted octanol–water partition coefficient (Wildman–Crippen LogP) is 3.46. The van der Waals surface area contributed by atoms with Gasteiger partial charge in [0.1, 0.15) is 0 Å². The summed E-state index contributed by atoms with van der Waals surface area (Å²) in [5.41, 5.74) is 0.246. The first-order valence-corrected chi connectivity index (χ1v) is 4.25. The number of alkyl halides is 1. The van der Waals surface area contributed by atoms with E-state index in [0.29, 0.717) is 5.92 Å². The van der Waals surface area contributed by atoms with Gasteiger partial charge in [0.05, 0.1) is 0 Å². The second-order valence-electron chi connectivity index (χ2n) is 3.55. The van der Waals surface area contributed by atoms with E-state index in [1.165, 1.54) is 0 Å². The Kier molecular flexibility index (Phi) is 4.04. The molecule has 0 nitrogen and oxygen atoms in total. The van der Waals surface area contributed by atoms with Crippen molar-refractivity contribution in [1.29, 1.82) is 0 Å². The number of allylic oxidation sites excluding steroid dienone is 1. The van der Waals surface area contributed by atoms with Gasteiger partial charge in [0.2, 0.25) is 0 Å². The SMILES string of the molecule is C=CCC(C)C(C)(C)CCl. The Morgan fingerprint density at radius 3 is 2.40 bits per heavy atom. The maximum Gasteiger partial charge on any atom is 0.0277 e. The first-order chi connectivity index (χ1) is 4.54. The zero-order valence-electron chi connectivity index (χ0n) is 7.15. The molecule has 0 bridgehead atoms. The van der Waals surface area contributed by atoms with Crippen LogP contribution in [0.1, 0.15) is 27.2 Å². The highest BCUT2D eigenvalue weighted by Crippen LogP contribution is 2.30. The molecular weight excluding hydrogens is 144 g/mol. The van der Waals surface area contributed by atoms with Crippen LogP contribution in [-0.2, 0) is 0 Å². The first-order valence-electron chi connectivity index (χ1n) is 3.71. The maximum atomic E-state index is 5.79. The van der Waals surface area contributed by atoms with Crippen molar-refractivity contribution in [2.45, 2.75) is 27.2 Å². The first kappa shape index (κ1) is 10.0. The van der Waals surface area contributed by atoms with E-state index in [9.17, 15) is 0 Å². The minimum atomic E-state index is 0.246. The predicted molar refractivity (Wildman–Crippen MR) is 48.5 cm³/mol. The molecule has 0 aliphatic carbocycles. The van der Waals surface area contributed by atoms with Crippen molar-refractivity contribution in [3.63, 3.8) is 0 Å². The number of hydrogen-bond donors (Lipinski definition) is 0. The summed E-state index contributed by atoms with van der Waals surface area (Å²) in [6.45, 7) is 10.3. The van der Waals surface area contributed by atoms with Gasteiger partial charge in [-0.05, 0) is 17.8 Å². The van der Waals surface area contributed by atoms with Crippen molar-refractivity contribution in [1.82, 2.24) is 0 Å². The summed E-state index contributed by atoms with van der Waals surface area (Å²) in [5.74, 6) is 1.35. The van der Waals surface area contributed by atoms with Crippen molar-refractivity contribution >= 4 is 11.6 Å². The summed E-state index contributed by atoms with van der Waals surface area (Å²) in [6, 6.07) is 0. The monoisotopic (exact) mass is 160 g/mol.